The summed E-state index contributed by atoms with van der Waals surface area (Å²) >= 11 is 1.58. The van der Waals surface area contributed by atoms with Crippen molar-refractivity contribution in [1.82, 2.24) is 5.16 Å². The van der Waals surface area contributed by atoms with Crippen molar-refractivity contribution in [2.45, 2.75) is 6.92 Å². The van der Waals surface area contributed by atoms with Crippen LogP contribution in [0.2, 0.25) is 0 Å². The number of aryl methyl sites for hydroxylation is 1. The molecule has 0 unspecified atom stereocenters. The molecule has 0 amide bonds. The first-order valence-corrected chi connectivity index (χ1v) is 6.65. The summed E-state index contributed by atoms with van der Waals surface area (Å²) in [7, 11) is 0. The van der Waals surface area contributed by atoms with Crippen LogP contribution in [0.4, 0.5) is 10.3 Å². The number of nitrogen functional groups attached to an aromatic ring is 1. The normalized spacial score (nSPS) is 10.8. The molecule has 3 rings (SSSR count). The van der Waals surface area contributed by atoms with Gasteiger partial charge in [-0.25, -0.2) is 4.39 Å². The number of hydrogen-bond acceptors (Lipinski definition) is 4. The van der Waals surface area contributed by atoms with Crippen LogP contribution in [0.3, 0.4) is 0 Å². The Labute approximate surface area is 113 Å². The molecule has 0 aliphatic heterocycles. The fourth-order valence-electron chi connectivity index (χ4n) is 2.01. The van der Waals surface area contributed by atoms with E-state index in [2.05, 4.69) is 5.16 Å². The summed E-state index contributed by atoms with van der Waals surface area (Å²) in [5.74, 6) is -0.114. The van der Waals surface area contributed by atoms with E-state index in [9.17, 15) is 4.39 Å². The van der Waals surface area contributed by atoms with E-state index in [0.29, 0.717) is 16.8 Å². The van der Waals surface area contributed by atoms with Crippen LogP contribution < -0.4 is 5.73 Å². The van der Waals surface area contributed by atoms with Gasteiger partial charge in [-0.15, -0.1) is 0 Å². The molecule has 3 aromatic rings. The molecule has 2 heterocycles. The Hall–Kier alpha value is -2.14. The average Bonchev–Trinajstić information content (AvgIpc) is 2.95. The van der Waals surface area contributed by atoms with E-state index in [4.69, 9.17) is 10.3 Å². The Kier molecular flexibility index (Phi) is 2.83. The van der Waals surface area contributed by atoms with Gasteiger partial charge in [-0.2, -0.15) is 11.3 Å². The van der Waals surface area contributed by atoms with Crippen LogP contribution in [-0.2, 0) is 0 Å². The number of aromatic nitrogens is 1. The van der Waals surface area contributed by atoms with Crippen molar-refractivity contribution in [2.24, 2.45) is 0 Å². The zero-order valence-corrected chi connectivity index (χ0v) is 11.0. The van der Waals surface area contributed by atoms with E-state index in [1.807, 2.05) is 17.7 Å². The van der Waals surface area contributed by atoms with Crippen LogP contribution in [-0.4, -0.2) is 5.16 Å². The van der Waals surface area contributed by atoms with Gasteiger partial charge < -0.3 is 10.3 Å². The lowest BCUT2D eigenvalue weighted by Crippen LogP contribution is -1.88. The summed E-state index contributed by atoms with van der Waals surface area (Å²) in [6.45, 7) is 1.99. The van der Waals surface area contributed by atoms with E-state index in [-0.39, 0.29) is 11.7 Å². The molecule has 0 bridgehead atoms. The van der Waals surface area contributed by atoms with Gasteiger partial charge in [0, 0.05) is 10.9 Å². The highest BCUT2D eigenvalue weighted by Gasteiger charge is 2.19. The van der Waals surface area contributed by atoms with Gasteiger partial charge in [-0.3, -0.25) is 0 Å². The Bertz CT molecular complexity index is 733. The number of nitrogens with zero attached hydrogens (tertiary/aromatic N) is 1. The minimum absolute atomic E-state index is 0.200. The van der Waals surface area contributed by atoms with E-state index in [0.717, 1.165) is 11.1 Å². The molecule has 1 aromatic carbocycles. The molecule has 0 radical (unpaired) electrons. The molecule has 5 heteroatoms. The molecule has 0 saturated carbocycles. The minimum atomic E-state index is -0.314. The maximum atomic E-state index is 13.4. The molecule has 0 atom stereocenters. The van der Waals surface area contributed by atoms with Gasteiger partial charge in [0.2, 0.25) is 5.88 Å². The lowest BCUT2D eigenvalue weighted by molar-refractivity contribution is 0.439. The molecule has 19 heavy (non-hydrogen) atoms. The lowest BCUT2D eigenvalue weighted by atomic mass is 10.0. The fraction of sp³-hybridized carbons (Fsp3) is 0.0714. The SMILES string of the molecule is Cc1cscc1-c1noc(N)c1-c1cccc(F)c1. The third kappa shape index (κ3) is 2.02. The van der Waals surface area contributed by atoms with Crippen LogP contribution in [0.5, 0.6) is 0 Å². The second kappa shape index (κ2) is 4.51. The standard InChI is InChI=1S/C14H11FN2OS/c1-8-6-19-7-11(8)13-12(14(16)18-17-13)9-3-2-4-10(15)5-9/h2-7H,16H2,1H3. The van der Waals surface area contributed by atoms with Crippen molar-refractivity contribution in [3.8, 4) is 22.4 Å². The van der Waals surface area contributed by atoms with Gasteiger partial charge >= 0.3 is 0 Å². The molecule has 0 aliphatic carbocycles. The number of thiophene rings is 1. The monoisotopic (exact) mass is 274 g/mol. The van der Waals surface area contributed by atoms with Crippen LogP contribution in [0, 0.1) is 12.7 Å². The highest BCUT2D eigenvalue weighted by molar-refractivity contribution is 7.08. The van der Waals surface area contributed by atoms with Gasteiger partial charge in [0.15, 0.2) is 0 Å². The molecule has 96 valence electrons. The molecular weight excluding hydrogens is 263 g/mol. The van der Waals surface area contributed by atoms with Crippen molar-refractivity contribution in [3.05, 3.63) is 46.4 Å². The smallest absolute Gasteiger partial charge is 0.230 e. The summed E-state index contributed by atoms with van der Waals surface area (Å²) in [4.78, 5) is 0. The second-order valence-corrected chi connectivity index (χ2v) is 4.99. The summed E-state index contributed by atoms with van der Waals surface area (Å²) in [6.07, 6.45) is 0. The maximum absolute atomic E-state index is 13.4. The topological polar surface area (TPSA) is 52.0 Å². The van der Waals surface area contributed by atoms with Gasteiger partial charge in [-0.05, 0) is 35.6 Å². The number of anilines is 1. The van der Waals surface area contributed by atoms with E-state index in [1.54, 1.807) is 23.5 Å². The Balaban J connectivity index is 2.22. The third-order valence-electron chi connectivity index (χ3n) is 2.94. The zero-order chi connectivity index (χ0) is 13.4. The zero-order valence-electron chi connectivity index (χ0n) is 10.2. The summed E-state index contributed by atoms with van der Waals surface area (Å²) in [5.41, 5.74) is 9.85. The summed E-state index contributed by atoms with van der Waals surface area (Å²) in [6, 6.07) is 6.25. The molecule has 0 saturated heterocycles. The quantitative estimate of drug-likeness (QED) is 0.765. The Morgan fingerprint density at radius 2 is 2.16 bits per heavy atom. The van der Waals surface area contributed by atoms with Gasteiger partial charge in [0.05, 0.1) is 5.56 Å². The van der Waals surface area contributed by atoms with Crippen molar-refractivity contribution in [3.63, 3.8) is 0 Å². The highest BCUT2D eigenvalue weighted by Crippen LogP contribution is 2.38. The van der Waals surface area contributed by atoms with Crippen LogP contribution in [0.15, 0.2) is 39.5 Å². The highest BCUT2D eigenvalue weighted by atomic mass is 32.1. The van der Waals surface area contributed by atoms with Crippen LogP contribution >= 0.6 is 11.3 Å². The Morgan fingerprint density at radius 3 is 2.84 bits per heavy atom. The molecule has 3 nitrogen and oxygen atoms in total. The summed E-state index contributed by atoms with van der Waals surface area (Å²) < 4.78 is 18.4. The third-order valence-corrected chi connectivity index (χ3v) is 3.80. The number of rotatable bonds is 2. The van der Waals surface area contributed by atoms with Gasteiger partial charge in [-0.1, -0.05) is 17.3 Å². The Morgan fingerprint density at radius 1 is 1.32 bits per heavy atom. The van der Waals surface area contributed by atoms with E-state index < -0.39 is 0 Å². The number of halogens is 1. The number of benzene rings is 1. The molecule has 2 aromatic heterocycles. The maximum Gasteiger partial charge on any atom is 0.230 e. The molecule has 2 N–H and O–H groups in total. The van der Waals surface area contributed by atoms with Crippen LogP contribution in [0.25, 0.3) is 22.4 Å². The summed E-state index contributed by atoms with van der Waals surface area (Å²) in [5, 5.41) is 8.01. The molecule has 0 aliphatic rings. The van der Waals surface area contributed by atoms with Gasteiger partial charge in [0.1, 0.15) is 11.5 Å². The van der Waals surface area contributed by atoms with Gasteiger partial charge in [0.25, 0.3) is 0 Å². The average molecular weight is 274 g/mol. The first kappa shape index (κ1) is 11.9. The van der Waals surface area contributed by atoms with Crippen molar-refractivity contribution < 1.29 is 8.91 Å². The van der Waals surface area contributed by atoms with Crippen molar-refractivity contribution in [1.29, 1.82) is 0 Å². The fourth-order valence-corrected chi connectivity index (χ4v) is 2.85. The van der Waals surface area contributed by atoms with E-state index >= 15 is 0 Å². The van der Waals surface area contributed by atoms with Crippen molar-refractivity contribution in [2.75, 3.05) is 5.73 Å². The first-order chi connectivity index (χ1) is 9.16. The predicted octanol–water partition coefficient (Wildman–Crippen LogP) is 4.10. The molecular formula is C14H11FN2OS. The van der Waals surface area contributed by atoms with Crippen LogP contribution in [0.1, 0.15) is 5.56 Å². The largest absolute Gasteiger partial charge is 0.367 e. The number of nitrogens with two attached hydrogens (primary N) is 1. The lowest BCUT2D eigenvalue weighted by Gasteiger charge is -2.02. The molecule has 0 spiro atoms. The van der Waals surface area contributed by atoms with Crippen molar-refractivity contribution >= 4 is 17.2 Å². The second-order valence-electron chi connectivity index (χ2n) is 4.25. The predicted molar refractivity (Wildman–Crippen MR) is 74.4 cm³/mol. The first-order valence-electron chi connectivity index (χ1n) is 5.71. The number of hydrogen-bond donors (Lipinski definition) is 1. The van der Waals surface area contributed by atoms with E-state index in [1.165, 1.54) is 12.1 Å². The molecule has 0 fully saturated rings. The minimum Gasteiger partial charge on any atom is -0.367 e.